The first-order chi connectivity index (χ1) is 26.1. The quantitative estimate of drug-likeness (QED) is 0.293. The second-order valence-electron chi connectivity index (χ2n) is 17.9. The fourth-order valence-electron chi connectivity index (χ4n) is 7.72. The maximum absolute atomic E-state index is 13.1. The Kier molecular flexibility index (Phi) is 12.4. The number of benzene rings is 2. The van der Waals surface area contributed by atoms with E-state index in [-0.39, 0.29) is 29.9 Å². The number of ether oxygens (including phenoxy) is 3. The molecule has 2 spiro atoms. The van der Waals surface area contributed by atoms with E-state index in [0.29, 0.717) is 61.4 Å². The van der Waals surface area contributed by atoms with Gasteiger partial charge in [0.2, 0.25) is 0 Å². The SMILES string of the molecule is COC1CCC2(CC1)NC(=O)C(c1cc(C)ccc1C)=C2OC(=O)C(C)(C)C.CON1CCC2(CC1)NC(=O)C(c1cc(C)ccc1C)=C2OC(=O)C(C)(C)C. The Hall–Kier alpha value is -4.32. The predicted octanol–water partition coefficient (Wildman–Crippen LogP) is 7.19. The van der Waals surface area contributed by atoms with Crippen molar-refractivity contribution in [3.8, 4) is 0 Å². The van der Waals surface area contributed by atoms with Crippen LogP contribution in [0.25, 0.3) is 11.1 Å². The molecule has 304 valence electrons. The molecule has 0 aromatic heterocycles. The Morgan fingerprint density at radius 2 is 1.05 bits per heavy atom. The van der Waals surface area contributed by atoms with Gasteiger partial charge in [-0.05, 0) is 130 Å². The van der Waals surface area contributed by atoms with Crippen molar-refractivity contribution < 1.29 is 38.2 Å². The molecular formula is C45H61N3O8. The van der Waals surface area contributed by atoms with Crippen LogP contribution in [0.1, 0.15) is 113 Å². The summed E-state index contributed by atoms with van der Waals surface area (Å²) in [6.07, 6.45) is 4.42. The van der Waals surface area contributed by atoms with Crippen molar-refractivity contribution in [2.24, 2.45) is 10.8 Å². The van der Waals surface area contributed by atoms with Crippen LogP contribution in [0.2, 0.25) is 0 Å². The molecule has 0 bridgehead atoms. The summed E-state index contributed by atoms with van der Waals surface area (Å²) in [5.41, 5.74) is 4.06. The standard InChI is InChI=1S/C23H31NO4.C22H30N2O4/c1-14-7-8-15(2)17(13-14)18-19(28-21(26)22(3,4)5)23(24-20(18)25)11-9-16(27-6)10-12-23;1-14-7-8-15(2)16(13-14)17-18(28-20(26)21(3,4)5)22(23-19(17)25)9-11-24(27-6)12-10-22/h7-8,13,16H,9-12H2,1-6H3,(H,24,25);7-8,13H,9-12H2,1-6H3,(H,23,25). The summed E-state index contributed by atoms with van der Waals surface area (Å²) in [5, 5.41) is 8.17. The van der Waals surface area contributed by atoms with Gasteiger partial charge in [-0.1, -0.05) is 47.5 Å². The van der Waals surface area contributed by atoms with E-state index in [1.54, 1.807) is 14.2 Å². The number of methoxy groups -OCH3 is 1. The van der Waals surface area contributed by atoms with Crippen LogP contribution >= 0.6 is 0 Å². The van der Waals surface area contributed by atoms with Crippen LogP contribution < -0.4 is 10.6 Å². The molecule has 1 aliphatic carbocycles. The summed E-state index contributed by atoms with van der Waals surface area (Å²) < 4.78 is 17.5. The first-order valence-corrected chi connectivity index (χ1v) is 19.7. The van der Waals surface area contributed by atoms with E-state index in [4.69, 9.17) is 19.0 Å². The highest BCUT2D eigenvalue weighted by molar-refractivity contribution is 6.24. The molecule has 2 aromatic carbocycles. The van der Waals surface area contributed by atoms with Gasteiger partial charge in [0.25, 0.3) is 11.8 Å². The van der Waals surface area contributed by atoms with E-state index in [9.17, 15) is 19.2 Å². The minimum Gasteiger partial charge on any atom is -0.427 e. The Morgan fingerprint density at radius 1 is 0.661 bits per heavy atom. The molecule has 0 radical (unpaired) electrons. The molecule has 1 saturated carbocycles. The van der Waals surface area contributed by atoms with Gasteiger partial charge in [-0.15, -0.1) is 0 Å². The lowest BCUT2D eigenvalue weighted by molar-refractivity contribution is -0.159. The highest BCUT2D eigenvalue weighted by atomic mass is 16.7. The summed E-state index contributed by atoms with van der Waals surface area (Å²) in [7, 11) is 3.36. The summed E-state index contributed by atoms with van der Waals surface area (Å²) in [5.74, 6) is -0.0643. The lowest BCUT2D eigenvalue weighted by Gasteiger charge is -2.39. The average molecular weight is 772 g/mol. The first-order valence-electron chi connectivity index (χ1n) is 19.7. The third-order valence-electron chi connectivity index (χ3n) is 11.4. The molecule has 2 fully saturated rings. The molecule has 3 heterocycles. The van der Waals surface area contributed by atoms with E-state index < -0.39 is 21.9 Å². The van der Waals surface area contributed by atoms with Crippen molar-refractivity contribution in [3.05, 3.63) is 81.3 Å². The van der Waals surface area contributed by atoms with E-state index >= 15 is 0 Å². The normalized spacial score (nSPS) is 22.5. The van der Waals surface area contributed by atoms with Crippen molar-refractivity contribution in [2.75, 3.05) is 27.3 Å². The molecular weight excluding hydrogens is 711 g/mol. The van der Waals surface area contributed by atoms with Crippen molar-refractivity contribution in [3.63, 3.8) is 0 Å². The number of hydrogen-bond donors (Lipinski definition) is 2. The number of piperidine rings is 1. The van der Waals surface area contributed by atoms with Crippen LogP contribution in [0.3, 0.4) is 0 Å². The van der Waals surface area contributed by atoms with Gasteiger partial charge in [0, 0.05) is 20.2 Å². The zero-order valence-corrected chi connectivity index (χ0v) is 35.4. The lowest BCUT2D eigenvalue weighted by atomic mass is 9.79. The molecule has 3 aliphatic heterocycles. The molecule has 11 heteroatoms. The van der Waals surface area contributed by atoms with E-state index in [2.05, 4.69) is 10.6 Å². The second kappa shape index (κ2) is 16.3. The Labute approximate surface area is 332 Å². The number of hydroxylamine groups is 2. The second-order valence-corrected chi connectivity index (χ2v) is 17.9. The number of nitrogens with one attached hydrogen (secondary N) is 2. The number of hydrogen-bond acceptors (Lipinski definition) is 9. The van der Waals surface area contributed by atoms with Crippen LogP contribution in [-0.2, 0) is 38.2 Å². The Morgan fingerprint density at radius 3 is 1.41 bits per heavy atom. The summed E-state index contributed by atoms with van der Waals surface area (Å²) in [6, 6.07) is 12.0. The number of carbonyl (C=O) groups is 4. The molecule has 4 aliphatic rings. The first kappa shape index (κ1) is 42.8. The van der Waals surface area contributed by atoms with E-state index in [1.807, 2.05) is 111 Å². The summed E-state index contributed by atoms with van der Waals surface area (Å²) >= 11 is 0. The molecule has 56 heavy (non-hydrogen) atoms. The molecule has 0 atom stereocenters. The minimum absolute atomic E-state index is 0.165. The van der Waals surface area contributed by atoms with Crippen LogP contribution in [0.5, 0.6) is 0 Å². The molecule has 0 unspecified atom stereocenters. The van der Waals surface area contributed by atoms with Gasteiger partial charge in [-0.25, -0.2) is 0 Å². The predicted molar refractivity (Wildman–Crippen MR) is 216 cm³/mol. The number of nitrogens with zero attached hydrogens (tertiary/aromatic N) is 1. The largest absolute Gasteiger partial charge is 0.427 e. The van der Waals surface area contributed by atoms with Crippen molar-refractivity contribution in [1.29, 1.82) is 0 Å². The van der Waals surface area contributed by atoms with E-state index in [0.717, 1.165) is 46.2 Å². The maximum atomic E-state index is 13.1. The number of rotatable bonds is 6. The highest BCUT2D eigenvalue weighted by Gasteiger charge is 2.52. The van der Waals surface area contributed by atoms with Crippen molar-refractivity contribution in [2.45, 2.75) is 125 Å². The van der Waals surface area contributed by atoms with Crippen molar-refractivity contribution in [1.82, 2.24) is 15.7 Å². The zero-order chi connectivity index (χ0) is 41.4. The monoisotopic (exact) mass is 771 g/mol. The molecule has 1 saturated heterocycles. The molecule has 6 rings (SSSR count). The smallest absolute Gasteiger partial charge is 0.316 e. The molecule has 2 amide bonds. The minimum atomic E-state index is -0.682. The summed E-state index contributed by atoms with van der Waals surface area (Å²) in [6.45, 7) is 20.2. The van der Waals surface area contributed by atoms with Gasteiger partial charge >= 0.3 is 11.9 Å². The number of esters is 2. The van der Waals surface area contributed by atoms with E-state index in [1.165, 1.54) is 0 Å². The number of carbonyl (C=O) groups excluding carboxylic acids is 4. The number of amides is 2. The van der Waals surface area contributed by atoms with Crippen molar-refractivity contribution >= 4 is 34.9 Å². The van der Waals surface area contributed by atoms with Gasteiger partial charge in [0.15, 0.2) is 0 Å². The third-order valence-corrected chi connectivity index (χ3v) is 11.4. The van der Waals surface area contributed by atoms with Crippen LogP contribution in [0.15, 0.2) is 47.9 Å². The van der Waals surface area contributed by atoms with Gasteiger partial charge < -0.3 is 29.7 Å². The number of aryl methyl sites for hydroxylation is 4. The summed E-state index contributed by atoms with van der Waals surface area (Å²) in [4.78, 5) is 57.1. The average Bonchev–Trinajstić information content (AvgIpc) is 3.54. The topological polar surface area (TPSA) is 132 Å². The van der Waals surface area contributed by atoms with Gasteiger partial charge in [-0.2, -0.15) is 5.06 Å². The molecule has 11 nitrogen and oxygen atoms in total. The van der Waals surface area contributed by atoms with Gasteiger partial charge in [0.1, 0.15) is 17.1 Å². The Bertz CT molecular complexity index is 1790. The highest BCUT2D eigenvalue weighted by Crippen LogP contribution is 2.46. The zero-order valence-electron chi connectivity index (χ0n) is 35.4. The Balaban J connectivity index is 0.000000214. The van der Waals surface area contributed by atoms with Gasteiger partial charge in [-0.3, -0.25) is 19.2 Å². The fraction of sp³-hybridized carbons (Fsp3) is 0.556. The fourth-order valence-corrected chi connectivity index (χ4v) is 7.72. The van der Waals surface area contributed by atoms with Gasteiger partial charge in [0.05, 0.1) is 40.7 Å². The van der Waals surface area contributed by atoms with Crippen LogP contribution in [-0.4, -0.2) is 73.3 Å². The van der Waals surface area contributed by atoms with Crippen LogP contribution in [0.4, 0.5) is 0 Å². The molecule has 2 aromatic rings. The third kappa shape index (κ3) is 8.80. The maximum Gasteiger partial charge on any atom is 0.316 e. The molecule has 2 N–H and O–H groups in total. The van der Waals surface area contributed by atoms with Crippen LogP contribution in [0, 0.1) is 38.5 Å². The lowest BCUT2D eigenvalue weighted by Crippen LogP contribution is -2.53.